The lowest BCUT2D eigenvalue weighted by atomic mass is 9.57. The van der Waals surface area contributed by atoms with E-state index in [1.165, 1.54) is 85.0 Å². The highest BCUT2D eigenvalue weighted by Crippen LogP contribution is 2.56. The van der Waals surface area contributed by atoms with Gasteiger partial charge in [-0.15, -0.1) is 0 Å². The van der Waals surface area contributed by atoms with Crippen LogP contribution in [0.15, 0.2) is 48.5 Å². The third kappa shape index (κ3) is 5.55. The van der Waals surface area contributed by atoms with Gasteiger partial charge in [0.2, 0.25) is 0 Å². The summed E-state index contributed by atoms with van der Waals surface area (Å²) in [6.07, 6.45) is 12.0. The van der Waals surface area contributed by atoms with Gasteiger partial charge in [0.05, 0.1) is 0 Å². The van der Waals surface area contributed by atoms with Crippen molar-refractivity contribution >= 4 is 0 Å². The third-order valence-electron chi connectivity index (χ3n) is 9.53. The van der Waals surface area contributed by atoms with Crippen LogP contribution in [0.3, 0.4) is 0 Å². The molecule has 1 heterocycles. The van der Waals surface area contributed by atoms with Crippen LogP contribution >= 0.6 is 0 Å². The van der Waals surface area contributed by atoms with Gasteiger partial charge in [-0.25, -0.2) is 8.78 Å². The summed E-state index contributed by atoms with van der Waals surface area (Å²) in [5.74, 6) is 0.718. The number of pyridine rings is 1. The molecule has 39 heavy (non-hydrogen) atoms. The molecule has 6 rings (SSSR count). The Morgan fingerprint density at radius 2 is 1.59 bits per heavy atom. The van der Waals surface area contributed by atoms with Crippen LogP contribution in [-0.2, 0) is 18.5 Å². The van der Waals surface area contributed by atoms with Crippen molar-refractivity contribution in [2.45, 2.75) is 102 Å². The molecule has 1 N–H and O–H groups in total. The van der Waals surface area contributed by atoms with Crippen molar-refractivity contribution in [3.63, 3.8) is 0 Å². The minimum absolute atomic E-state index is 0.199. The molecule has 2 nitrogen and oxygen atoms in total. The molecular formula is C35H43F2NO. The molecule has 0 bridgehead atoms. The van der Waals surface area contributed by atoms with Crippen LogP contribution in [-0.4, -0.2) is 17.2 Å². The molecule has 0 amide bonds. The first kappa shape index (κ1) is 28.0. The molecule has 3 aliphatic carbocycles. The van der Waals surface area contributed by atoms with E-state index in [-0.39, 0.29) is 5.82 Å². The summed E-state index contributed by atoms with van der Waals surface area (Å²) in [5.41, 5.74) is 8.63. The molecule has 3 aromatic rings. The fourth-order valence-corrected chi connectivity index (χ4v) is 7.50. The lowest BCUT2D eigenvalue weighted by Crippen LogP contribution is -2.38. The van der Waals surface area contributed by atoms with Crippen LogP contribution in [0.25, 0.3) is 11.1 Å². The van der Waals surface area contributed by atoms with Crippen molar-refractivity contribution in [1.82, 2.24) is 4.98 Å². The van der Waals surface area contributed by atoms with Gasteiger partial charge in [-0.05, 0) is 116 Å². The summed E-state index contributed by atoms with van der Waals surface area (Å²) < 4.78 is 28.6. The first-order chi connectivity index (χ1) is 18.7. The highest BCUT2D eigenvalue weighted by Gasteiger charge is 2.44. The van der Waals surface area contributed by atoms with Gasteiger partial charge in [0.15, 0.2) is 0 Å². The lowest BCUT2D eigenvalue weighted by Gasteiger charge is -2.48. The number of alkyl halides is 1. The van der Waals surface area contributed by atoms with Crippen LogP contribution in [0.1, 0.15) is 118 Å². The molecule has 1 atom stereocenters. The van der Waals surface area contributed by atoms with Gasteiger partial charge in [0.1, 0.15) is 11.5 Å². The summed E-state index contributed by atoms with van der Waals surface area (Å²) in [7, 11) is 1.00. The third-order valence-corrected chi connectivity index (χ3v) is 9.53. The van der Waals surface area contributed by atoms with E-state index in [0.29, 0.717) is 22.8 Å². The average Bonchev–Trinajstić information content (AvgIpc) is 3.44. The Hall–Kier alpha value is -2.59. The van der Waals surface area contributed by atoms with Crippen LogP contribution in [0, 0.1) is 11.2 Å². The number of aliphatic hydroxyl groups is 1. The minimum Gasteiger partial charge on any atom is -0.400 e. The van der Waals surface area contributed by atoms with E-state index < -0.39 is 5.67 Å². The Kier molecular flexibility index (Phi) is 7.97. The van der Waals surface area contributed by atoms with Crippen molar-refractivity contribution in [3.05, 3.63) is 88.0 Å². The van der Waals surface area contributed by atoms with Crippen LogP contribution in [0.4, 0.5) is 8.78 Å². The number of nitrogens with zero attached hydrogens (tertiary/aromatic N) is 1. The van der Waals surface area contributed by atoms with Gasteiger partial charge in [0.25, 0.3) is 0 Å². The van der Waals surface area contributed by atoms with Crippen molar-refractivity contribution < 1.29 is 13.9 Å². The van der Waals surface area contributed by atoms with Gasteiger partial charge < -0.3 is 5.11 Å². The topological polar surface area (TPSA) is 33.1 Å². The zero-order valence-electron chi connectivity index (χ0n) is 24.0. The van der Waals surface area contributed by atoms with Gasteiger partial charge in [-0.1, -0.05) is 62.6 Å². The number of hydrogen-bond donors (Lipinski definition) is 1. The Morgan fingerprint density at radius 3 is 2.15 bits per heavy atom. The zero-order chi connectivity index (χ0) is 27.8. The summed E-state index contributed by atoms with van der Waals surface area (Å²) in [6.45, 7) is 5.59. The normalized spacial score (nSPS) is 20.2. The molecule has 1 aromatic heterocycles. The second kappa shape index (κ2) is 11.1. The van der Waals surface area contributed by atoms with Gasteiger partial charge >= 0.3 is 0 Å². The highest BCUT2D eigenvalue weighted by atomic mass is 19.1. The van der Waals surface area contributed by atoms with Gasteiger partial charge in [0, 0.05) is 24.4 Å². The average molecular weight is 532 g/mol. The monoisotopic (exact) mass is 531 g/mol. The molecule has 0 saturated heterocycles. The quantitative estimate of drug-likeness (QED) is 0.356. The highest BCUT2D eigenvalue weighted by molar-refractivity contribution is 5.75. The van der Waals surface area contributed by atoms with E-state index in [9.17, 15) is 8.78 Å². The summed E-state index contributed by atoms with van der Waals surface area (Å²) in [6, 6.07) is 15.1. The van der Waals surface area contributed by atoms with Crippen LogP contribution in [0.5, 0.6) is 0 Å². The molecule has 4 heteroatoms. The largest absolute Gasteiger partial charge is 0.400 e. The van der Waals surface area contributed by atoms with E-state index >= 15 is 0 Å². The van der Waals surface area contributed by atoms with Gasteiger partial charge in [-0.2, -0.15) is 0 Å². The first-order valence-corrected chi connectivity index (χ1v) is 14.8. The number of aromatic nitrogens is 1. The molecule has 3 aliphatic rings. The SMILES string of the molecule is CC1CC2(CCC2)Cc2nc(C3CCCC3)c(Cc3ccc(C(C)(C)F)cc3)c(-c3ccc(F)cc3)c21.CO. The second-order valence-electron chi connectivity index (χ2n) is 12.7. The summed E-state index contributed by atoms with van der Waals surface area (Å²) >= 11 is 0. The Morgan fingerprint density at radius 1 is 0.949 bits per heavy atom. The number of fused-ring (bicyclic) bond motifs is 1. The number of halogens is 2. The number of hydrogen-bond acceptors (Lipinski definition) is 2. The predicted octanol–water partition coefficient (Wildman–Crippen LogP) is 9.17. The van der Waals surface area contributed by atoms with E-state index in [0.717, 1.165) is 25.5 Å². The van der Waals surface area contributed by atoms with Gasteiger partial charge in [-0.3, -0.25) is 4.98 Å². The minimum atomic E-state index is -1.35. The molecule has 208 valence electrons. The zero-order valence-corrected chi connectivity index (χ0v) is 24.0. The second-order valence-corrected chi connectivity index (χ2v) is 12.7. The van der Waals surface area contributed by atoms with Crippen molar-refractivity contribution in [1.29, 1.82) is 0 Å². The van der Waals surface area contributed by atoms with Crippen molar-refractivity contribution in [2.75, 3.05) is 7.11 Å². The van der Waals surface area contributed by atoms with E-state index in [2.05, 4.69) is 19.1 Å². The van der Waals surface area contributed by atoms with Crippen molar-refractivity contribution in [2.24, 2.45) is 5.41 Å². The molecule has 2 aromatic carbocycles. The summed E-state index contributed by atoms with van der Waals surface area (Å²) in [4.78, 5) is 5.55. The Labute approximate surface area is 232 Å². The van der Waals surface area contributed by atoms with E-state index in [4.69, 9.17) is 10.1 Å². The number of rotatable bonds is 5. The number of benzene rings is 2. The predicted molar refractivity (Wildman–Crippen MR) is 155 cm³/mol. The Balaban J connectivity index is 0.00000151. The van der Waals surface area contributed by atoms with Crippen molar-refractivity contribution in [3.8, 4) is 11.1 Å². The molecule has 2 fully saturated rings. The lowest BCUT2D eigenvalue weighted by molar-refractivity contribution is 0.0981. The fraction of sp³-hybridized carbons (Fsp3) is 0.514. The maximum atomic E-state index is 14.6. The van der Waals surface area contributed by atoms with E-state index in [1.54, 1.807) is 26.0 Å². The molecule has 2 saturated carbocycles. The smallest absolute Gasteiger partial charge is 0.130 e. The van der Waals surface area contributed by atoms with E-state index in [1.807, 2.05) is 24.3 Å². The molecule has 0 aliphatic heterocycles. The number of aliphatic hydroxyl groups excluding tert-OH is 1. The molecular weight excluding hydrogens is 488 g/mol. The molecule has 1 spiro atoms. The van der Waals surface area contributed by atoms with Crippen LogP contribution < -0.4 is 0 Å². The summed E-state index contributed by atoms with van der Waals surface area (Å²) in [5, 5.41) is 7.00. The Bertz CT molecular complexity index is 1280. The van der Waals surface area contributed by atoms with Crippen LogP contribution in [0.2, 0.25) is 0 Å². The first-order valence-electron chi connectivity index (χ1n) is 14.8. The molecule has 1 unspecified atom stereocenters. The maximum absolute atomic E-state index is 14.6. The maximum Gasteiger partial charge on any atom is 0.130 e. The standard InChI is InChI=1S/C34H39F2N.CH4O/c1-22-20-34(17-6-18-34)21-29-30(22)31(24-11-15-27(35)16-12-24)28(32(37-29)25-7-4-5-8-25)19-23-9-13-26(14-10-23)33(2,3)36;1-2/h9-16,22,25H,4-8,17-21H2,1-3H3;2H,1H3. The fourth-order valence-electron chi connectivity index (χ4n) is 7.50. The molecule has 0 radical (unpaired) electrons.